The minimum absolute atomic E-state index is 0.000140. The van der Waals surface area contributed by atoms with Crippen LogP contribution in [0.5, 0.6) is 0 Å². The Morgan fingerprint density at radius 1 is 1.19 bits per heavy atom. The zero-order valence-corrected chi connectivity index (χ0v) is 12.9. The fourth-order valence-corrected chi connectivity index (χ4v) is 3.53. The highest BCUT2D eigenvalue weighted by atomic mass is 16.5. The predicted octanol–water partition coefficient (Wildman–Crippen LogP) is 2.20. The van der Waals surface area contributed by atoms with E-state index in [1.807, 2.05) is 0 Å². The standard InChI is InChI=1S/C16H27NO4/c1-21-10-9-16(7-2-8-16)11-17-14(18)12-3-5-13(6-4-12)15(19)20/h12-13H,2-11H2,1H3,(H,17,18)(H,19,20). The number of hydrogen-bond acceptors (Lipinski definition) is 3. The number of carbonyl (C=O) groups excluding carboxylic acids is 1. The van der Waals surface area contributed by atoms with Gasteiger partial charge in [0.1, 0.15) is 0 Å². The summed E-state index contributed by atoms with van der Waals surface area (Å²) in [5.74, 6) is -0.863. The van der Waals surface area contributed by atoms with Crippen molar-refractivity contribution in [3.05, 3.63) is 0 Å². The maximum Gasteiger partial charge on any atom is 0.306 e. The first-order valence-corrected chi connectivity index (χ1v) is 8.06. The van der Waals surface area contributed by atoms with Crippen LogP contribution in [-0.2, 0) is 14.3 Å². The lowest BCUT2D eigenvalue weighted by Gasteiger charge is -2.42. The molecule has 0 aromatic carbocycles. The molecule has 0 aromatic heterocycles. The van der Waals surface area contributed by atoms with Crippen molar-refractivity contribution in [1.82, 2.24) is 5.32 Å². The van der Waals surface area contributed by atoms with Gasteiger partial charge in [0.25, 0.3) is 0 Å². The molecule has 2 aliphatic carbocycles. The van der Waals surface area contributed by atoms with Crippen LogP contribution in [0.15, 0.2) is 0 Å². The summed E-state index contributed by atoms with van der Waals surface area (Å²) in [5, 5.41) is 12.1. The summed E-state index contributed by atoms with van der Waals surface area (Å²) in [6.45, 7) is 1.49. The topological polar surface area (TPSA) is 75.6 Å². The molecule has 21 heavy (non-hydrogen) atoms. The van der Waals surface area contributed by atoms with E-state index < -0.39 is 5.97 Å². The minimum Gasteiger partial charge on any atom is -0.481 e. The number of aliphatic carboxylic acids is 1. The molecule has 2 rings (SSSR count). The molecule has 1 amide bonds. The molecule has 0 radical (unpaired) electrons. The highest BCUT2D eigenvalue weighted by Gasteiger charge is 2.37. The second kappa shape index (κ2) is 7.25. The lowest BCUT2D eigenvalue weighted by atomic mass is 9.66. The fourth-order valence-electron chi connectivity index (χ4n) is 3.53. The molecule has 2 fully saturated rings. The van der Waals surface area contributed by atoms with Crippen LogP contribution in [0.1, 0.15) is 51.4 Å². The maximum atomic E-state index is 12.2. The fraction of sp³-hybridized carbons (Fsp3) is 0.875. The number of hydrogen-bond donors (Lipinski definition) is 2. The quantitative estimate of drug-likeness (QED) is 0.755. The molecule has 2 saturated carbocycles. The van der Waals surface area contributed by atoms with E-state index in [1.165, 1.54) is 19.3 Å². The van der Waals surface area contributed by atoms with Gasteiger partial charge < -0.3 is 15.2 Å². The number of rotatable bonds is 7. The molecule has 5 heteroatoms. The third kappa shape index (κ3) is 4.19. The monoisotopic (exact) mass is 297 g/mol. The first-order chi connectivity index (χ1) is 10.1. The van der Waals surface area contributed by atoms with Crippen LogP contribution >= 0.6 is 0 Å². The number of ether oxygens (including phenoxy) is 1. The van der Waals surface area contributed by atoms with Gasteiger partial charge in [-0.25, -0.2) is 0 Å². The molecule has 0 atom stereocenters. The average Bonchev–Trinajstić information content (AvgIpc) is 2.45. The SMILES string of the molecule is COCCC1(CNC(=O)C2CCC(C(=O)O)CC2)CCC1. The highest BCUT2D eigenvalue weighted by Crippen LogP contribution is 2.43. The molecular formula is C16H27NO4. The van der Waals surface area contributed by atoms with Crippen molar-refractivity contribution in [2.75, 3.05) is 20.3 Å². The molecule has 0 spiro atoms. The minimum atomic E-state index is -0.721. The molecule has 5 nitrogen and oxygen atoms in total. The average molecular weight is 297 g/mol. The van der Waals surface area contributed by atoms with Crippen LogP contribution in [0.2, 0.25) is 0 Å². The molecule has 0 bridgehead atoms. The summed E-state index contributed by atoms with van der Waals surface area (Å²) < 4.78 is 5.16. The van der Waals surface area contributed by atoms with E-state index in [4.69, 9.17) is 9.84 Å². The Kier molecular flexibility index (Phi) is 5.62. The number of carboxylic acids is 1. The van der Waals surface area contributed by atoms with Crippen LogP contribution in [0, 0.1) is 17.3 Å². The van der Waals surface area contributed by atoms with E-state index in [0.29, 0.717) is 25.7 Å². The van der Waals surface area contributed by atoms with Crippen molar-refractivity contribution in [3.8, 4) is 0 Å². The normalized spacial score (nSPS) is 27.7. The second-order valence-electron chi connectivity index (χ2n) is 6.70. The summed E-state index contributed by atoms with van der Waals surface area (Å²) in [6, 6.07) is 0. The Labute approximate surface area is 126 Å². The molecule has 120 valence electrons. The number of carboxylic acid groups (broad SMARTS) is 1. The van der Waals surface area contributed by atoms with Crippen molar-refractivity contribution in [3.63, 3.8) is 0 Å². The van der Waals surface area contributed by atoms with Crippen molar-refractivity contribution in [2.45, 2.75) is 51.4 Å². The van der Waals surface area contributed by atoms with E-state index in [1.54, 1.807) is 7.11 Å². The molecule has 0 heterocycles. The molecule has 2 N–H and O–H groups in total. The number of nitrogens with one attached hydrogen (secondary N) is 1. The van der Waals surface area contributed by atoms with Gasteiger partial charge in [-0.2, -0.15) is 0 Å². The predicted molar refractivity (Wildman–Crippen MR) is 78.9 cm³/mol. The van der Waals surface area contributed by atoms with Crippen LogP contribution in [-0.4, -0.2) is 37.2 Å². The maximum absolute atomic E-state index is 12.2. The van der Waals surface area contributed by atoms with Gasteiger partial charge in [-0.1, -0.05) is 6.42 Å². The molecule has 0 unspecified atom stereocenters. The van der Waals surface area contributed by atoms with Gasteiger partial charge in [0.15, 0.2) is 0 Å². The van der Waals surface area contributed by atoms with E-state index in [9.17, 15) is 9.59 Å². The Hall–Kier alpha value is -1.10. The second-order valence-corrected chi connectivity index (χ2v) is 6.70. The molecular weight excluding hydrogens is 270 g/mol. The van der Waals surface area contributed by atoms with E-state index in [0.717, 1.165) is 19.6 Å². The van der Waals surface area contributed by atoms with Gasteiger partial charge in [-0.3, -0.25) is 9.59 Å². The Balaban J connectivity index is 1.73. The first kappa shape index (κ1) is 16.3. The Bertz CT molecular complexity index is 370. The van der Waals surface area contributed by atoms with Crippen LogP contribution in [0.25, 0.3) is 0 Å². The Morgan fingerprint density at radius 3 is 2.29 bits per heavy atom. The zero-order valence-electron chi connectivity index (χ0n) is 12.9. The summed E-state index contributed by atoms with van der Waals surface area (Å²) in [5.41, 5.74) is 0.240. The lowest BCUT2D eigenvalue weighted by Crippen LogP contribution is -2.45. The van der Waals surface area contributed by atoms with Gasteiger partial charge in [0.05, 0.1) is 5.92 Å². The lowest BCUT2D eigenvalue weighted by molar-refractivity contribution is -0.144. The van der Waals surface area contributed by atoms with E-state index in [-0.39, 0.29) is 23.2 Å². The van der Waals surface area contributed by atoms with Gasteiger partial charge >= 0.3 is 5.97 Å². The third-order valence-corrected chi connectivity index (χ3v) is 5.34. The van der Waals surface area contributed by atoms with E-state index >= 15 is 0 Å². The summed E-state index contributed by atoms with van der Waals surface area (Å²) >= 11 is 0. The zero-order chi connectivity index (χ0) is 15.3. The smallest absolute Gasteiger partial charge is 0.306 e. The molecule has 2 aliphatic rings. The van der Waals surface area contributed by atoms with Crippen LogP contribution in [0.4, 0.5) is 0 Å². The number of methoxy groups -OCH3 is 1. The molecule has 0 saturated heterocycles. The highest BCUT2D eigenvalue weighted by molar-refractivity contribution is 5.79. The van der Waals surface area contributed by atoms with Crippen molar-refractivity contribution in [2.24, 2.45) is 17.3 Å². The molecule has 0 aromatic rings. The largest absolute Gasteiger partial charge is 0.481 e. The Morgan fingerprint density at radius 2 is 1.81 bits per heavy atom. The van der Waals surface area contributed by atoms with Crippen molar-refractivity contribution in [1.29, 1.82) is 0 Å². The van der Waals surface area contributed by atoms with E-state index in [2.05, 4.69) is 5.32 Å². The van der Waals surface area contributed by atoms with Gasteiger partial charge in [-0.15, -0.1) is 0 Å². The van der Waals surface area contributed by atoms with Crippen molar-refractivity contribution < 1.29 is 19.4 Å². The van der Waals surface area contributed by atoms with Crippen molar-refractivity contribution >= 4 is 11.9 Å². The van der Waals surface area contributed by atoms with Crippen LogP contribution in [0.3, 0.4) is 0 Å². The number of amides is 1. The summed E-state index contributed by atoms with van der Waals surface area (Å²) in [6.07, 6.45) is 7.25. The van der Waals surface area contributed by atoms with Gasteiger partial charge in [-0.05, 0) is 50.4 Å². The summed E-state index contributed by atoms with van der Waals surface area (Å²) in [4.78, 5) is 23.2. The summed E-state index contributed by atoms with van der Waals surface area (Å²) in [7, 11) is 1.71. The third-order valence-electron chi connectivity index (χ3n) is 5.34. The van der Waals surface area contributed by atoms with Gasteiger partial charge in [0, 0.05) is 26.2 Å². The van der Waals surface area contributed by atoms with Crippen LogP contribution < -0.4 is 5.32 Å². The first-order valence-electron chi connectivity index (χ1n) is 8.06. The molecule has 0 aliphatic heterocycles. The number of carbonyl (C=O) groups is 2. The van der Waals surface area contributed by atoms with Gasteiger partial charge in [0.2, 0.25) is 5.91 Å².